The fraction of sp³-hybridized carbons (Fsp3) is 0.316. The van der Waals surface area contributed by atoms with Crippen molar-refractivity contribution in [3.63, 3.8) is 0 Å². The van der Waals surface area contributed by atoms with E-state index in [1.165, 1.54) is 6.07 Å². The van der Waals surface area contributed by atoms with Crippen LogP contribution >= 0.6 is 15.9 Å². The van der Waals surface area contributed by atoms with Gasteiger partial charge in [0.05, 0.1) is 10.2 Å². The number of hydrogen-bond acceptors (Lipinski definition) is 2. The van der Waals surface area contributed by atoms with Gasteiger partial charge < -0.3 is 4.74 Å². The van der Waals surface area contributed by atoms with Gasteiger partial charge in [0.25, 0.3) is 0 Å². The summed E-state index contributed by atoms with van der Waals surface area (Å²) in [6.07, 6.45) is 2.06. The summed E-state index contributed by atoms with van der Waals surface area (Å²) in [6.45, 7) is 2.24. The molecule has 24 heavy (non-hydrogen) atoms. The van der Waals surface area contributed by atoms with Crippen molar-refractivity contribution >= 4 is 27.7 Å². The number of nitrogens with zero attached hydrogens (tertiary/aromatic N) is 1. The second-order valence-electron chi connectivity index (χ2n) is 5.91. The molecule has 0 aromatic heterocycles. The first-order valence-electron chi connectivity index (χ1n) is 8.08. The lowest BCUT2D eigenvalue weighted by molar-refractivity contribution is 0.143. The molecule has 0 spiro atoms. The quantitative estimate of drug-likeness (QED) is 0.695. The van der Waals surface area contributed by atoms with Crippen LogP contribution in [0.2, 0.25) is 0 Å². The number of hydrogen-bond donors (Lipinski definition) is 0. The van der Waals surface area contributed by atoms with E-state index in [2.05, 4.69) is 15.9 Å². The van der Waals surface area contributed by atoms with Crippen molar-refractivity contribution in [3.8, 4) is 0 Å². The Morgan fingerprint density at radius 3 is 2.79 bits per heavy atom. The van der Waals surface area contributed by atoms with Gasteiger partial charge in [-0.3, -0.25) is 4.90 Å². The van der Waals surface area contributed by atoms with Crippen LogP contribution in [0.3, 0.4) is 0 Å². The highest BCUT2D eigenvalue weighted by Crippen LogP contribution is 2.35. The van der Waals surface area contributed by atoms with Crippen LogP contribution in [0.25, 0.3) is 0 Å². The molecule has 2 aromatic rings. The average molecular weight is 392 g/mol. The van der Waals surface area contributed by atoms with Crippen LogP contribution in [0, 0.1) is 5.82 Å². The lowest BCUT2D eigenvalue weighted by Gasteiger charge is -2.36. The van der Waals surface area contributed by atoms with Gasteiger partial charge in [-0.1, -0.05) is 37.3 Å². The van der Waals surface area contributed by atoms with Gasteiger partial charge in [0, 0.05) is 6.04 Å². The third-order valence-corrected chi connectivity index (χ3v) is 4.97. The Hall–Kier alpha value is -1.88. The van der Waals surface area contributed by atoms with Crippen molar-refractivity contribution in [2.45, 2.75) is 38.8 Å². The number of carbonyl (C=O) groups is 1. The maximum Gasteiger partial charge on any atom is 0.414 e. The van der Waals surface area contributed by atoms with Gasteiger partial charge in [-0.15, -0.1) is 0 Å². The second kappa shape index (κ2) is 7.34. The number of aryl methyl sites for hydroxylation is 1. The Bertz CT molecular complexity index is 736. The molecule has 126 valence electrons. The van der Waals surface area contributed by atoms with E-state index in [0.29, 0.717) is 10.2 Å². The van der Waals surface area contributed by atoms with E-state index in [0.717, 1.165) is 30.4 Å². The molecular weight excluding hydrogens is 373 g/mol. The minimum Gasteiger partial charge on any atom is -0.444 e. The van der Waals surface area contributed by atoms with Crippen molar-refractivity contribution in [1.82, 2.24) is 0 Å². The van der Waals surface area contributed by atoms with Crippen molar-refractivity contribution in [2.75, 3.05) is 4.90 Å². The highest BCUT2D eigenvalue weighted by Gasteiger charge is 2.32. The number of benzene rings is 2. The molecule has 1 unspecified atom stereocenters. The summed E-state index contributed by atoms with van der Waals surface area (Å²) in [5, 5.41) is 0. The molecule has 0 aliphatic carbocycles. The van der Waals surface area contributed by atoms with E-state index in [1.807, 2.05) is 37.3 Å². The van der Waals surface area contributed by atoms with Crippen molar-refractivity contribution in [3.05, 3.63) is 63.9 Å². The number of anilines is 1. The standard InChI is InChI=1S/C19H19BrFNO2/c1-2-15-9-8-14-10-16(20)17(21)11-18(14)22(15)19(23)24-12-13-6-4-3-5-7-13/h3-7,10-11,15H,2,8-9,12H2,1H3. The molecule has 0 N–H and O–H groups in total. The summed E-state index contributed by atoms with van der Waals surface area (Å²) >= 11 is 3.22. The fourth-order valence-electron chi connectivity index (χ4n) is 3.07. The lowest BCUT2D eigenvalue weighted by atomic mass is 9.94. The fourth-order valence-corrected chi connectivity index (χ4v) is 3.46. The molecule has 0 saturated carbocycles. The van der Waals surface area contributed by atoms with Gasteiger partial charge in [-0.25, -0.2) is 9.18 Å². The molecule has 1 heterocycles. The minimum atomic E-state index is -0.423. The second-order valence-corrected chi connectivity index (χ2v) is 6.76. The predicted molar refractivity (Wildman–Crippen MR) is 95.6 cm³/mol. The normalized spacial score (nSPS) is 16.6. The summed E-state index contributed by atoms with van der Waals surface area (Å²) < 4.78 is 19.9. The number of halogens is 2. The van der Waals surface area contributed by atoms with Gasteiger partial charge in [0.15, 0.2) is 0 Å². The zero-order valence-corrected chi connectivity index (χ0v) is 15.1. The Morgan fingerprint density at radius 2 is 2.08 bits per heavy atom. The van der Waals surface area contributed by atoms with Gasteiger partial charge in [-0.2, -0.15) is 0 Å². The van der Waals surface area contributed by atoms with Gasteiger partial charge in [0.1, 0.15) is 12.4 Å². The lowest BCUT2D eigenvalue weighted by Crippen LogP contribution is -2.43. The van der Waals surface area contributed by atoms with Crippen LogP contribution in [-0.4, -0.2) is 12.1 Å². The number of amides is 1. The van der Waals surface area contributed by atoms with Crippen molar-refractivity contribution < 1.29 is 13.9 Å². The number of rotatable bonds is 3. The highest BCUT2D eigenvalue weighted by molar-refractivity contribution is 9.10. The van der Waals surface area contributed by atoms with Gasteiger partial charge in [-0.05, 0) is 58.5 Å². The van der Waals surface area contributed by atoms with Gasteiger partial charge >= 0.3 is 6.09 Å². The molecule has 1 aliphatic heterocycles. The number of fused-ring (bicyclic) bond motifs is 1. The van der Waals surface area contributed by atoms with E-state index >= 15 is 0 Å². The first kappa shape index (κ1) is 17.0. The summed E-state index contributed by atoms with van der Waals surface area (Å²) in [6, 6.07) is 12.7. The third-order valence-electron chi connectivity index (χ3n) is 4.37. The van der Waals surface area contributed by atoms with Crippen LogP contribution in [0.4, 0.5) is 14.9 Å². The molecule has 0 saturated heterocycles. The summed E-state index contributed by atoms with van der Waals surface area (Å²) in [5.74, 6) is -0.369. The molecule has 5 heteroatoms. The highest BCUT2D eigenvalue weighted by atomic mass is 79.9. The topological polar surface area (TPSA) is 29.5 Å². The molecule has 3 nitrogen and oxygen atoms in total. The number of carbonyl (C=O) groups excluding carboxylic acids is 1. The van der Waals surface area contributed by atoms with Crippen LogP contribution in [-0.2, 0) is 17.8 Å². The SMILES string of the molecule is CCC1CCc2cc(Br)c(F)cc2N1C(=O)OCc1ccccc1. The Morgan fingerprint density at radius 1 is 1.33 bits per heavy atom. The van der Waals surface area contributed by atoms with E-state index in [9.17, 15) is 9.18 Å². The molecule has 2 aromatic carbocycles. The summed E-state index contributed by atoms with van der Waals surface area (Å²) in [7, 11) is 0. The molecule has 1 amide bonds. The molecule has 0 bridgehead atoms. The minimum absolute atomic E-state index is 0.0290. The van der Waals surface area contributed by atoms with Gasteiger partial charge in [0.2, 0.25) is 0 Å². The monoisotopic (exact) mass is 391 g/mol. The Labute approximate surface area is 149 Å². The van der Waals surface area contributed by atoms with Crippen LogP contribution in [0.5, 0.6) is 0 Å². The largest absolute Gasteiger partial charge is 0.444 e. The molecule has 0 fully saturated rings. The maximum atomic E-state index is 14.0. The molecule has 1 atom stereocenters. The van der Waals surface area contributed by atoms with Crippen LogP contribution in [0.1, 0.15) is 30.9 Å². The molecular formula is C19H19BrFNO2. The van der Waals surface area contributed by atoms with Crippen molar-refractivity contribution in [1.29, 1.82) is 0 Å². The van der Waals surface area contributed by atoms with Crippen LogP contribution < -0.4 is 4.90 Å². The van der Waals surface area contributed by atoms with Crippen LogP contribution in [0.15, 0.2) is 46.9 Å². The zero-order chi connectivity index (χ0) is 17.1. The number of ether oxygens (including phenoxy) is 1. The molecule has 0 radical (unpaired) electrons. The smallest absolute Gasteiger partial charge is 0.414 e. The maximum absolute atomic E-state index is 14.0. The molecule has 1 aliphatic rings. The summed E-state index contributed by atoms with van der Waals surface area (Å²) in [4.78, 5) is 14.3. The van der Waals surface area contributed by atoms with Crippen molar-refractivity contribution in [2.24, 2.45) is 0 Å². The predicted octanol–water partition coefficient (Wildman–Crippen LogP) is 5.46. The average Bonchev–Trinajstić information content (AvgIpc) is 2.60. The molecule has 3 rings (SSSR count). The van der Waals surface area contributed by atoms with E-state index in [1.54, 1.807) is 11.0 Å². The zero-order valence-electron chi connectivity index (χ0n) is 13.5. The third kappa shape index (κ3) is 3.46. The first-order chi connectivity index (χ1) is 11.6. The van der Waals surface area contributed by atoms with E-state index in [-0.39, 0.29) is 18.5 Å². The Kier molecular flexibility index (Phi) is 5.19. The van der Waals surface area contributed by atoms with E-state index in [4.69, 9.17) is 4.74 Å². The van der Waals surface area contributed by atoms with E-state index < -0.39 is 6.09 Å². The first-order valence-corrected chi connectivity index (χ1v) is 8.87. The Balaban J connectivity index is 1.84. The summed E-state index contributed by atoms with van der Waals surface area (Å²) in [5.41, 5.74) is 2.51.